The van der Waals surface area contributed by atoms with Crippen LogP contribution in [0, 0.1) is 0 Å². The number of nitrogens with zero attached hydrogens (tertiary/aromatic N) is 1. The monoisotopic (exact) mass is 200 g/mol. The second-order valence-electron chi connectivity index (χ2n) is 4.06. The molecule has 1 aliphatic rings. The minimum atomic E-state index is 0.609. The van der Waals surface area contributed by atoms with E-state index in [4.69, 9.17) is 5.73 Å². The van der Waals surface area contributed by atoms with Gasteiger partial charge in [0, 0.05) is 51.4 Å². The Morgan fingerprint density at radius 1 is 1.43 bits per heavy atom. The molecule has 14 heavy (non-hydrogen) atoms. The van der Waals surface area contributed by atoms with Gasteiger partial charge in [0.2, 0.25) is 0 Å². The van der Waals surface area contributed by atoms with E-state index in [1.54, 1.807) is 0 Å². The Labute approximate surface area is 87.2 Å². The van der Waals surface area contributed by atoms with Crippen molar-refractivity contribution in [1.82, 2.24) is 15.5 Å². The van der Waals surface area contributed by atoms with Crippen LogP contribution in [0.4, 0.5) is 0 Å². The summed E-state index contributed by atoms with van der Waals surface area (Å²) in [6.07, 6.45) is 0. The fourth-order valence-corrected chi connectivity index (χ4v) is 1.89. The first kappa shape index (κ1) is 11.9. The van der Waals surface area contributed by atoms with E-state index in [1.807, 2.05) is 0 Å². The molecule has 2 unspecified atom stereocenters. The molecular weight excluding hydrogens is 176 g/mol. The molecule has 1 heterocycles. The largest absolute Gasteiger partial charge is 0.329 e. The first-order valence-corrected chi connectivity index (χ1v) is 5.64. The van der Waals surface area contributed by atoms with E-state index < -0.39 is 0 Å². The van der Waals surface area contributed by atoms with E-state index in [1.165, 1.54) is 0 Å². The number of hydrogen-bond acceptors (Lipinski definition) is 4. The van der Waals surface area contributed by atoms with Gasteiger partial charge in [0.15, 0.2) is 0 Å². The molecular formula is C10H24N4. The predicted octanol–water partition coefficient (Wildman–Crippen LogP) is -0.783. The van der Waals surface area contributed by atoms with Gasteiger partial charge in [-0.25, -0.2) is 0 Å². The van der Waals surface area contributed by atoms with Crippen molar-refractivity contribution in [2.24, 2.45) is 5.73 Å². The summed E-state index contributed by atoms with van der Waals surface area (Å²) in [7, 11) is 0. The molecule has 0 aromatic carbocycles. The Balaban J connectivity index is 2.15. The van der Waals surface area contributed by atoms with Gasteiger partial charge >= 0.3 is 0 Å². The maximum Gasteiger partial charge on any atom is 0.0219 e. The molecule has 4 N–H and O–H groups in total. The van der Waals surface area contributed by atoms with Gasteiger partial charge in [-0.3, -0.25) is 4.90 Å². The molecule has 1 fully saturated rings. The minimum Gasteiger partial charge on any atom is -0.329 e. The van der Waals surface area contributed by atoms with Crippen molar-refractivity contribution in [3.05, 3.63) is 0 Å². The van der Waals surface area contributed by atoms with E-state index in [0.717, 1.165) is 39.3 Å². The molecule has 0 radical (unpaired) electrons. The van der Waals surface area contributed by atoms with Crippen molar-refractivity contribution in [1.29, 1.82) is 0 Å². The maximum absolute atomic E-state index is 5.41. The Kier molecular flexibility index (Phi) is 5.40. The average Bonchev–Trinajstić information content (AvgIpc) is 2.19. The fraction of sp³-hybridized carbons (Fsp3) is 1.00. The molecule has 2 atom stereocenters. The van der Waals surface area contributed by atoms with E-state index in [9.17, 15) is 0 Å². The zero-order valence-corrected chi connectivity index (χ0v) is 9.42. The first-order chi connectivity index (χ1) is 6.75. The van der Waals surface area contributed by atoms with Gasteiger partial charge < -0.3 is 16.4 Å². The molecule has 0 amide bonds. The van der Waals surface area contributed by atoms with Gasteiger partial charge in [-0.1, -0.05) is 0 Å². The van der Waals surface area contributed by atoms with Crippen molar-refractivity contribution in [2.75, 3.05) is 39.3 Å². The molecule has 0 spiro atoms. The molecule has 1 saturated heterocycles. The van der Waals surface area contributed by atoms with E-state index in [-0.39, 0.29) is 0 Å². The Hall–Kier alpha value is -0.160. The highest BCUT2D eigenvalue weighted by Gasteiger charge is 2.23. The molecule has 1 aliphatic heterocycles. The topological polar surface area (TPSA) is 53.3 Å². The third kappa shape index (κ3) is 3.53. The van der Waals surface area contributed by atoms with Crippen LogP contribution in [0.5, 0.6) is 0 Å². The van der Waals surface area contributed by atoms with Gasteiger partial charge in [0.25, 0.3) is 0 Å². The highest BCUT2D eigenvalue weighted by atomic mass is 15.2. The summed E-state index contributed by atoms with van der Waals surface area (Å²) in [5.41, 5.74) is 5.41. The quantitative estimate of drug-likeness (QED) is 0.510. The summed E-state index contributed by atoms with van der Waals surface area (Å²) in [5.74, 6) is 0. The smallest absolute Gasteiger partial charge is 0.0219 e. The van der Waals surface area contributed by atoms with Crippen LogP contribution in [0.2, 0.25) is 0 Å². The van der Waals surface area contributed by atoms with Crippen LogP contribution in [0.25, 0.3) is 0 Å². The standard InChI is InChI=1S/C10H24N4/c1-9-10(2)14(8-6-13-9)7-5-12-4-3-11/h9-10,12-13H,3-8,11H2,1-2H3. The lowest BCUT2D eigenvalue weighted by Crippen LogP contribution is -2.56. The zero-order valence-electron chi connectivity index (χ0n) is 9.42. The summed E-state index contributed by atoms with van der Waals surface area (Å²) in [6.45, 7) is 10.7. The SMILES string of the molecule is CC1NCCN(CCNCCN)C1C. The number of rotatable bonds is 5. The van der Waals surface area contributed by atoms with Crippen molar-refractivity contribution < 1.29 is 0 Å². The van der Waals surface area contributed by atoms with Crippen LogP contribution >= 0.6 is 0 Å². The van der Waals surface area contributed by atoms with E-state index in [0.29, 0.717) is 12.1 Å². The second kappa shape index (κ2) is 6.35. The molecule has 84 valence electrons. The van der Waals surface area contributed by atoms with Crippen LogP contribution in [0.1, 0.15) is 13.8 Å². The summed E-state index contributed by atoms with van der Waals surface area (Å²) in [6, 6.07) is 1.25. The van der Waals surface area contributed by atoms with Crippen LogP contribution in [-0.2, 0) is 0 Å². The van der Waals surface area contributed by atoms with Crippen LogP contribution in [0.3, 0.4) is 0 Å². The Morgan fingerprint density at radius 2 is 2.21 bits per heavy atom. The van der Waals surface area contributed by atoms with Gasteiger partial charge in [-0.2, -0.15) is 0 Å². The normalized spacial score (nSPS) is 29.4. The summed E-state index contributed by atoms with van der Waals surface area (Å²) < 4.78 is 0. The lowest BCUT2D eigenvalue weighted by Gasteiger charge is -2.38. The van der Waals surface area contributed by atoms with Crippen molar-refractivity contribution in [2.45, 2.75) is 25.9 Å². The molecule has 0 aliphatic carbocycles. The second-order valence-corrected chi connectivity index (χ2v) is 4.06. The maximum atomic E-state index is 5.41. The van der Waals surface area contributed by atoms with Crippen LogP contribution in [0.15, 0.2) is 0 Å². The van der Waals surface area contributed by atoms with E-state index in [2.05, 4.69) is 29.4 Å². The van der Waals surface area contributed by atoms with Crippen LogP contribution < -0.4 is 16.4 Å². The van der Waals surface area contributed by atoms with E-state index >= 15 is 0 Å². The Bertz CT molecular complexity index is 151. The number of nitrogens with two attached hydrogens (primary N) is 1. The molecule has 4 heteroatoms. The molecule has 0 bridgehead atoms. The third-order valence-corrected chi connectivity index (χ3v) is 3.06. The molecule has 0 aromatic rings. The average molecular weight is 200 g/mol. The highest BCUT2D eigenvalue weighted by Crippen LogP contribution is 2.07. The van der Waals surface area contributed by atoms with Crippen molar-refractivity contribution in [3.63, 3.8) is 0 Å². The lowest BCUT2D eigenvalue weighted by molar-refractivity contribution is 0.139. The van der Waals surface area contributed by atoms with Gasteiger partial charge in [-0.15, -0.1) is 0 Å². The first-order valence-electron chi connectivity index (χ1n) is 5.64. The summed E-state index contributed by atoms with van der Waals surface area (Å²) in [5, 5.41) is 6.81. The van der Waals surface area contributed by atoms with Crippen LogP contribution in [-0.4, -0.2) is 56.3 Å². The zero-order chi connectivity index (χ0) is 10.4. The molecule has 0 aromatic heterocycles. The lowest BCUT2D eigenvalue weighted by atomic mass is 10.1. The number of piperazine rings is 1. The van der Waals surface area contributed by atoms with Gasteiger partial charge in [0.05, 0.1) is 0 Å². The van der Waals surface area contributed by atoms with Gasteiger partial charge in [0.1, 0.15) is 0 Å². The molecule has 1 rings (SSSR count). The van der Waals surface area contributed by atoms with Crippen molar-refractivity contribution >= 4 is 0 Å². The highest BCUT2D eigenvalue weighted by molar-refractivity contribution is 4.83. The fourth-order valence-electron chi connectivity index (χ4n) is 1.89. The Morgan fingerprint density at radius 3 is 2.93 bits per heavy atom. The third-order valence-electron chi connectivity index (χ3n) is 3.06. The molecule has 0 saturated carbocycles. The molecule has 4 nitrogen and oxygen atoms in total. The number of hydrogen-bond donors (Lipinski definition) is 3. The van der Waals surface area contributed by atoms with Gasteiger partial charge in [-0.05, 0) is 13.8 Å². The number of nitrogens with one attached hydrogen (secondary N) is 2. The summed E-state index contributed by atoms with van der Waals surface area (Å²) in [4.78, 5) is 2.53. The minimum absolute atomic E-state index is 0.609. The summed E-state index contributed by atoms with van der Waals surface area (Å²) >= 11 is 0. The van der Waals surface area contributed by atoms with Crippen molar-refractivity contribution in [3.8, 4) is 0 Å². The predicted molar refractivity (Wildman–Crippen MR) is 60.4 cm³/mol.